The van der Waals surface area contributed by atoms with E-state index < -0.39 is 12.0 Å². The Labute approximate surface area is 83.9 Å². The predicted octanol–water partition coefficient (Wildman–Crippen LogP) is 0.798. The van der Waals surface area contributed by atoms with Crippen LogP contribution >= 0.6 is 15.9 Å². The van der Waals surface area contributed by atoms with Gasteiger partial charge in [0.2, 0.25) is 0 Å². The largest absolute Gasteiger partial charge is 0.480 e. The molecule has 0 aliphatic carbocycles. The molecule has 3 N–H and O–H groups in total. The van der Waals surface area contributed by atoms with E-state index in [9.17, 15) is 4.79 Å². The second kappa shape index (κ2) is 4.34. The zero-order chi connectivity index (χ0) is 9.84. The molecular formula is C8H9BrN2O2. The van der Waals surface area contributed by atoms with E-state index in [2.05, 4.69) is 20.9 Å². The summed E-state index contributed by atoms with van der Waals surface area (Å²) in [5.74, 6) is -0.997. The third-order valence-corrected chi connectivity index (χ3v) is 2.03. The molecule has 0 fully saturated rings. The summed E-state index contributed by atoms with van der Waals surface area (Å²) in [5, 5.41) is 8.54. The van der Waals surface area contributed by atoms with Crippen molar-refractivity contribution in [3.05, 3.63) is 28.5 Å². The number of nitrogens with zero attached hydrogens (tertiary/aromatic N) is 1. The molecule has 0 spiro atoms. The van der Waals surface area contributed by atoms with Crippen molar-refractivity contribution in [1.82, 2.24) is 4.98 Å². The van der Waals surface area contributed by atoms with E-state index in [1.165, 1.54) is 0 Å². The number of nitrogens with two attached hydrogens (primary N) is 1. The van der Waals surface area contributed by atoms with Crippen LogP contribution in [-0.4, -0.2) is 22.1 Å². The first-order valence-corrected chi connectivity index (χ1v) is 4.47. The number of aliphatic carboxylic acids is 1. The molecule has 5 heteroatoms. The van der Waals surface area contributed by atoms with Gasteiger partial charge in [0.15, 0.2) is 0 Å². The molecule has 1 atom stereocenters. The van der Waals surface area contributed by atoms with E-state index in [1.807, 2.05) is 0 Å². The number of aromatic nitrogens is 1. The molecule has 0 saturated carbocycles. The van der Waals surface area contributed by atoms with Crippen LogP contribution in [0.25, 0.3) is 0 Å². The topological polar surface area (TPSA) is 76.2 Å². The van der Waals surface area contributed by atoms with Crippen molar-refractivity contribution in [3.63, 3.8) is 0 Å². The van der Waals surface area contributed by atoms with Crippen molar-refractivity contribution in [1.29, 1.82) is 0 Å². The Morgan fingerprint density at radius 3 is 2.85 bits per heavy atom. The predicted molar refractivity (Wildman–Crippen MR) is 51.3 cm³/mol. The van der Waals surface area contributed by atoms with Crippen LogP contribution in [0.4, 0.5) is 0 Å². The highest BCUT2D eigenvalue weighted by atomic mass is 79.9. The van der Waals surface area contributed by atoms with Crippen molar-refractivity contribution in [2.24, 2.45) is 5.73 Å². The van der Waals surface area contributed by atoms with Gasteiger partial charge in [-0.05, 0) is 34.0 Å². The SMILES string of the molecule is N[C@H](Cc1ccc(Br)nc1)C(=O)O. The van der Waals surface area contributed by atoms with Gasteiger partial charge < -0.3 is 10.8 Å². The van der Waals surface area contributed by atoms with Gasteiger partial charge in [-0.25, -0.2) is 4.98 Å². The lowest BCUT2D eigenvalue weighted by atomic mass is 10.1. The van der Waals surface area contributed by atoms with Gasteiger partial charge >= 0.3 is 5.97 Å². The standard InChI is InChI=1S/C8H9BrN2O2/c9-7-2-1-5(4-11-7)3-6(10)8(12)13/h1-2,4,6H,3,10H2,(H,12,13)/t6-/m1/s1. The molecule has 1 aromatic rings. The summed E-state index contributed by atoms with van der Waals surface area (Å²) in [6, 6.07) is 2.69. The molecule has 0 radical (unpaired) electrons. The monoisotopic (exact) mass is 244 g/mol. The maximum Gasteiger partial charge on any atom is 0.320 e. The van der Waals surface area contributed by atoms with E-state index in [0.29, 0.717) is 6.42 Å². The number of hydrogen-bond acceptors (Lipinski definition) is 3. The molecule has 0 aliphatic heterocycles. The highest BCUT2D eigenvalue weighted by molar-refractivity contribution is 9.10. The van der Waals surface area contributed by atoms with Gasteiger partial charge in [-0.3, -0.25) is 4.79 Å². The van der Waals surface area contributed by atoms with Crippen molar-refractivity contribution in [2.45, 2.75) is 12.5 Å². The third kappa shape index (κ3) is 3.12. The Balaban J connectivity index is 2.64. The lowest BCUT2D eigenvalue weighted by Crippen LogP contribution is -2.32. The van der Waals surface area contributed by atoms with Crippen LogP contribution in [0.2, 0.25) is 0 Å². The smallest absolute Gasteiger partial charge is 0.320 e. The number of carboxylic acids is 1. The normalized spacial score (nSPS) is 12.5. The van der Waals surface area contributed by atoms with Gasteiger partial charge in [-0.1, -0.05) is 6.07 Å². The Morgan fingerprint density at radius 1 is 1.69 bits per heavy atom. The average Bonchev–Trinajstić information content (AvgIpc) is 2.08. The van der Waals surface area contributed by atoms with Crippen LogP contribution in [0.5, 0.6) is 0 Å². The van der Waals surface area contributed by atoms with Gasteiger partial charge in [-0.2, -0.15) is 0 Å². The summed E-state index contributed by atoms with van der Waals surface area (Å²) in [6.07, 6.45) is 1.91. The van der Waals surface area contributed by atoms with Crippen LogP contribution in [0.15, 0.2) is 22.9 Å². The number of hydrogen-bond donors (Lipinski definition) is 2. The number of halogens is 1. The summed E-state index contributed by atoms with van der Waals surface area (Å²) in [4.78, 5) is 14.4. The number of carboxylic acid groups (broad SMARTS) is 1. The minimum Gasteiger partial charge on any atom is -0.480 e. The Bertz CT molecular complexity index is 300. The molecule has 70 valence electrons. The van der Waals surface area contributed by atoms with Crippen LogP contribution < -0.4 is 5.73 Å². The second-order valence-corrected chi connectivity index (χ2v) is 3.45. The molecule has 0 saturated heterocycles. The van der Waals surface area contributed by atoms with Crippen LogP contribution in [0.3, 0.4) is 0 Å². The van der Waals surface area contributed by atoms with Crippen LogP contribution in [0, 0.1) is 0 Å². The van der Waals surface area contributed by atoms with Crippen LogP contribution in [0.1, 0.15) is 5.56 Å². The van der Waals surface area contributed by atoms with Crippen molar-refractivity contribution in [2.75, 3.05) is 0 Å². The first-order chi connectivity index (χ1) is 6.09. The van der Waals surface area contributed by atoms with E-state index in [0.717, 1.165) is 10.2 Å². The quantitative estimate of drug-likeness (QED) is 0.772. The van der Waals surface area contributed by atoms with E-state index >= 15 is 0 Å². The second-order valence-electron chi connectivity index (χ2n) is 2.64. The molecule has 1 heterocycles. The lowest BCUT2D eigenvalue weighted by molar-refractivity contribution is -0.138. The fraction of sp³-hybridized carbons (Fsp3) is 0.250. The molecule has 1 aromatic heterocycles. The molecule has 1 rings (SSSR count). The molecule has 0 amide bonds. The molecule has 4 nitrogen and oxygen atoms in total. The molecule has 0 bridgehead atoms. The van der Waals surface area contributed by atoms with Crippen molar-refractivity contribution >= 4 is 21.9 Å². The summed E-state index contributed by atoms with van der Waals surface area (Å²) >= 11 is 3.18. The van der Waals surface area contributed by atoms with Crippen molar-refractivity contribution in [3.8, 4) is 0 Å². The average molecular weight is 245 g/mol. The van der Waals surface area contributed by atoms with Gasteiger partial charge in [0.05, 0.1) is 0 Å². The minimum atomic E-state index is -0.997. The summed E-state index contributed by atoms with van der Waals surface area (Å²) in [7, 11) is 0. The first-order valence-electron chi connectivity index (χ1n) is 3.68. The highest BCUT2D eigenvalue weighted by Crippen LogP contribution is 2.07. The number of rotatable bonds is 3. The zero-order valence-electron chi connectivity index (χ0n) is 6.77. The fourth-order valence-electron chi connectivity index (χ4n) is 0.868. The van der Waals surface area contributed by atoms with Gasteiger partial charge in [0, 0.05) is 6.20 Å². The maximum atomic E-state index is 10.4. The third-order valence-electron chi connectivity index (χ3n) is 1.56. The summed E-state index contributed by atoms with van der Waals surface area (Å²) in [6.45, 7) is 0. The molecule has 0 aliphatic rings. The number of pyridine rings is 1. The van der Waals surface area contributed by atoms with Crippen LogP contribution in [-0.2, 0) is 11.2 Å². The first kappa shape index (κ1) is 10.1. The molecule has 13 heavy (non-hydrogen) atoms. The Hall–Kier alpha value is -0.940. The molecule has 0 unspecified atom stereocenters. The highest BCUT2D eigenvalue weighted by Gasteiger charge is 2.11. The Kier molecular flexibility index (Phi) is 3.39. The summed E-state index contributed by atoms with van der Waals surface area (Å²) < 4.78 is 0.722. The maximum absolute atomic E-state index is 10.4. The molecule has 0 aromatic carbocycles. The Morgan fingerprint density at radius 2 is 2.38 bits per heavy atom. The zero-order valence-corrected chi connectivity index (χ0v) is 8.36. The minimum absolute atomic E-state index is 0.301. The van der Waals surface area contributed by atoms with Crippen molar-refractivity contribution < 1.29 is 9.90 Å². The van der Waals surface area contributed by atoms with Gasteiger partial charge in [0.25, 0.3) is 0 Å². The van der Waals surface area contributed by atoms with E-state index in [-0.39, 0.29) is 0 Å². The lowest BCUT2D eigenvalue weighted by Gasteiger charge is -2.05. The van der Waals surface area contributed by atoms with Gasteiger partial charge in [-0.15, -0.1) is 0 Å². The number of carbonyl (C=O) groups is 1. The summed E-state index contributed by atoms with van der Waals surface area (Å²) in [5.41, 5.74) is 6.17. The fourth-order valence-corrected chi connectivity index (χ4v) is 1.10. The van der Waals surface area contributed by atoms with Gasteiger partial charge in [0.1, 0.15) is 10.6 Å². The van der Waals surface area contributed by atoms with E-state index in [4.69, 9.17) is 10.8 Å². The molecular weight excluding hydrogens is 236 g/mol. The van der Waals surface area contributed by atoms with E-state index in [1.54, 1.807) is 18.3 Å².